The van der Waals surface area contributed by atoms with Crippen molar-refractivity contribution in [1.82, 2.24) is 0 Å². The average Bonchev–Trinajstić information content (AvgIpc) is 2.84. The van der Waals surface area contributed by atoms with Gasteiger partial charge in [0.1, 0.15) is 5.76 Å². The Hall–Kier alpha value is -1.21. The van der Waals surface area contributed by atoms with Crippen LogP contribution in [0.25, 0.3) is 17.0 Å². The lowest BCUT2D eigenvalue weighted by Gasteiger charge is -2.45. The molecule has 0 bridgehead atoms. The molecule has 1 aromatic carbocycles. The molecule has 1 unspecified atom stereocenters. The number of benzene rings is 1. The van der Waals surface area contributed by atoms with Crippen molar-refractivity contribution < 1.29 is 4.42 Å². The summed E-state index contributed by atoms with van der Waals surface area (Å²) in [6.07, 6.45) is 3.38. The van der Waals surface area contributed by atoms with Gasteiger partial charge in [-0.05, 0) is 40.4 Å². The van der Waals surface area contributed by atoms with E-state index in [0.29, 0.717) is 5.02 Å². The molecule has 148 valence electrons. The molecule has 3 rings (SSSR count). The van der Waals surface area contributed by atoms with Gasteiger partial charge in [0.2, 0.25) is 0 Å². The Morgan fingerprint density at radius 2 is 1.52 bits per heavy atom. The maximum absolute atomic E-state index is 6.71. The number of hydrogen-bond acceptors (Lipinski definition) is 1. The molecule has 0 aliphatic heterocycles. The summed E-state index contributed by atoms with van der Waals surface area (Å²) in [5, 5.41) is 1.87. The minimum atomic E-state index is -0.0794. The lowest BCUT2D eigenvalue weighted by Crippen LogP contribution is -2.40. The third-order valence-corrected chi connectivity index (χ3v) is 6.91. The Kier molecular flexibility index (Phi) is 4.48. The highest BCUT2D eigenvalue weighted by molar-refractivity contribution is 6.35. The van der Waals surface area contributed by atoms with Crippen LogP contribution in [0.2, 0.25) is 5.02 Å². The van der Waals surface area contributed by atoms with Crippen LogP contribution in [0, 0.1) is 10.8 Å². The molecule has 27 heavy (non-hydrogen) atoms. The molecule has 1 aliphatic rings. The molecule has 2 aromatic rings. The maximum Gasteiger partial charge on any atom is 0.153 e. The van der Waals surface area contributed by atoms with E-state index >= 15 is 0 Å². The van der Waals surface area contributed by atoms with Crippen LogP contribution in [0.15, 0.2) is 22.1 Å². The predicted octanol–water partition coefficient (Wildman–Crippen LogP) is 8.52. The largest absolute Gasteiger partial charge is 0.458 e. The summed E-state index contributed by atoms with van der Waals surface area (Å²) in [6, 6.07) is 4.36. The van der Waals surface area contributed by atoms with Crippen LogP contribution in [0.4, 0.5) is 0 Å². The van der Waals surface area contributed by atoms with Crippen LogP contribution in [-0.4, -0.2) is 0 Å². The zero-order valence-corrected chi connectivity index (χ0v) is 19.5. The van der Waals surface area contributed by atoms with E-state index in [1.165, 1.54) is 16.7 Å². The summed E-state index contributed by atoms with van der Waals surface area (Å²) in [6.45, 7) is 22.9. The first-order valence-corrected chi connectivity index (χ1v) is 10.4. The monoisotopic (exact) mass is 386 g/mol. The fourth-order valence-corrected chi connectivity index (χ4v) is 4.19. The molecular formula is C25H35ClO. The standard InChI is InChI=1S/C25H35ClO/c1-22(2,3)15-11-17-18-12-16(23(4,5)6)14-25(10,24(7,8)9)21(18)27-20(17)19(26)13-15/h11-13H,14H2,1-10H3. The summed E-state index contributed by atoms with van der Waals surface area (Å²) < 4.78 is 6.52. The highest BCUT2D eigenvalue weighted by Crippen LogP contribution is 2.55. The van der Waals surface area contributed by atoms with E-state index < -0.39 is 0 Å². The fraction of sp³-hybridized carbons (Fsp3) is 0.600. The van der Waals surface area contributed by atoms with Gasteiger partial charge in [0, 0.05) is 16.4 Å². The highest BCUT2D eigenvalue weighted by Gasteiger charge is 2.47. The summed E-state index contributed by atoms with van der Waals surface area (Å²) in [4.78, 5) is 0. The molecule has 1 heterocycles. The van der Waals surface area contributed by atoms with Gasteiger partial charge in [-0.2, -0.15) is 0 Å². The van der Waals surface area contributed by atoms with Crippen LogP contribution >= 0.6 is 11.6 Å². The first-order chi connectivity index (χ1) is 12.1. The Morgan fingerprint density at radius 3 is 2.00 bits per heavy atom. The molecule has 2 heteroatoms. The Balaban J connectivity index is 2.42. The second-order valence-corrected chi connectivity index (χ2v) is 12.0. The number of rotatable bonds is 0. The molecule has 0 spiro atoms. The van der Waals surface area contributed by atoms with Crippen molar-refractivity contribution in [2.24, 2.45) is 10.8 Å². The molecule has 0 saturated heterocycles. The van der Waals surface area contributed by atoms with E-state index in [2.05, 4.69) is 87.4 Å². The van der Waals surface area contributed by atoms with Crippen molar-refractivity contribution in [3.63, 3.8) is 0 Å². The van der Waals surface area contributed by atoms with Crippen molar-refractivity contribution in [1.29, 1.82) is 0 Å². The van der Waals surface area contributed by atoms with E-state index in [4.69, 9.17) is 16.0 Å². The smallest absolute Gasteiger partial charge is 0.153 e. The quantitative estimate of drug-likeness (QED) is 0.442. The van der Waals surface area contributed by atoms with Crippen molar-refractivity contribution in [3.8, 4) is 0 Å². The summed E-state index contributed by atoms with van der Waals surface area (Å²) in [5.74, 6) is 1.09. The van der Waals surface area contributed by atoms with Gasteiger partial charge in [-0.15, -0.1) is 0 Å². The Labute approximate surface area is 170 Å². The number of halogens is 1. The predicted molar refractivity (Wildman–Crippen MR) is 119 cm³/mol. The van der Waals surface area contributed by atoms with Crippen LogP contribution in [0.5, 0.6) is 0 Å². The third kappa shape index (κ3) is 3.27. The first kappa shape index (κ1) is 20.5. The third-order valence-electron chi connectivity index (χ3n) is 6.63. The summed E-state index contributed by atoms with van der Waals surface area (Å²) >= 11 is 6.71. The van der Waals surface area contributed by atoms with Crippen molar-refractivity contribution in [2.75, 3.05) is 0 Å². The van der Waals surface area contributed by atoms with Crippen LogP contribution in [0.1, 0.15) is 92.5 Å². The van der Waals surface area contributed by atoms with Gasteiger partial charge in [-0.1, -0.05) is 92.5 Å². The van der Waals surface area contributed by atoms with E-state index in [0.717, 1.165) is 23.2 Å². The van der Waals surface area contributed by atoms with Gasteiger partial charge in [-0.3, -0.25) is 0 Å². The van der Waals surface area contributed by atoms with Gasteiger partial charge >= 0.3 is 0 Å². The lowest BCUT2D eigenvalue weighted by molar-refractivity contribution is 0.161. The zero-order valence-electron chi connectivity index (χ0n) is 18.7. The van der Waals surface area contributed by atoms with Crippen molar-refractivity contribution in [2.45, 2.75) is 86.5 Å². The lowest BCUT2D eigenvalue weighted by atomic mass is 9.58. The molecule has 1 aliphatic carbocycles. The van der Waals surface area contributed by atoms with E-state index in [9.17, 15) is 0 Å². The van der Waals surface area contributed by atoms with Gasteiger partial charge < -0.3 is 4.42 Å². The molecule has 1 aromatic heterocycles. The fourth-order valence-electron chi connectivity index (χ4n) is 3.94. The second-order valence-electron chi connectivity index (χ2n) is 11.6. The van der Waals surface area contributed by atoms with Gasteiger partial charge in [0.25, 0.3) is 0 Å². The normalized spacial score (nSPS) is 21.4. The number of fused-ring (bicyclic) bond motifs is 3. The molecule has 1 nitrogen and oxygen atoms in total. The van der Waals surface area contributed by atoms with Crippen LogP contribution < -0.4 is 0 Å². The zero-order chi connectivity index (χ0) is 20.6. The van der Waals surface area contributed by atoms with Gasteiger partial charge in [0.05, 0.1) is 5.02 Å². The van der Waals surface area contributed by atoms with Gasteiger partial charge in [0.15, 0.2) is 5.58 Å². The minimum absolute atomic E-state index is 0.0422. The molecule has 0 fully saturated rings. The maximum atomic E-state index is 6.71. The first-order valence-electron chi connectivity index (χ1n) is 10.0. The number of allylic oxidation sites excluding steroid dienone is 1. The van der Waals surface area contributed by atoms with Crippen molar-refractivity contribution >= 4 is 28.6 Å². The second kappa shape index (κ2) is 5.89. The van der Waals surface area contributed by atoms with E-state index in [1.807, 2.05) is 0 Å². The van der Waals surface area contributed by atoms with Crippen LogP contribution in [0.3, 0.4) is 0 Å². The summed E-state index contributed by atoms with van der Waals surface area (Å²) in [7, 11) is 0. The van der Waals surface area contributed by atoms with E-state index in [1.54, 1.807) is 0 Å². The highest BCUT2D eigenvalue weighted by atomic mass is 35.5. The SMILES string of the molecule is CC(C)(C)C1=Cc2c(oc3c(Cl)cc(C(C)(C)C)cc23)C(C)(C(C)(C)C)C1. The molecule has 0 N–H and O–H groups in total. The number of hydrogen-bond donors (Lipinski definition) is 0. The topological polar surface area (TPSA) is 13.1 Å². The molecule has 0 radical (unpaired) electrons. The number of furan rings is 1. The molecule has 0 saturated carbocycles. The summed E-state index contributed by atoms with van der Waals surface area (Å²) in [5.41, 5.74) is 4.94. The molecule has 1 atom stereocenters. The molecule has 0 amide bonds. The average molecular weight is 387 g/mol. The minimum Gasteiger partial charge on any atom is -0.458 e. The molecular weight excluding hydrogens is 352 g/mol. The van der Waals surface area contributed by atoms with E-state index in [-0.39, 0.29) is 21.7 Å². The van der Waals surface area contributed by atoms with Crippen LogP contribution in [-0.2, 0) is 10.8 Å². The Morgan fingerprint density at radius 1 is 0.926 bits per heavy atom. The Bertz CT molecular complexity index is 922. The van der Waals surface area contributed by atoms with Crippen molar-refractivity contribution in [3.05, 3.63) is 39.6 Å². The van der Waals surface area contributed by atoms with Gasteiger partial charge in [-0.25, -0.2) is 0 Å².